The smallest absolute Gasteiger partial charge is 0.0729 e. The molecular weight excluding hydrogens is 262 g/mol. The number of hydrogen-bond acceptors (Lipinski definition) is 3. The lowest BCUT2D eigenvalue weighted by Gasteiger charge is -2.48. The molecule has 21 heavy (non-hydrogen) atoms. The SMILES string of the molecule is NC1(C2CCOC3(CCOCC3)C2)CCc2ccccc21. The Kier molecular flexibility index (Phi) is 3.32. The summed E-state index contributed by atoms with van der Waals surface area (Å²) in [5.41, 5.74) is 9.67. The predicted octanol–water partition coefficient (Wildman–Crippen LogP) is 2.76. The normalized spacial score (nSPS) is 34.8. The van der Waals surface area contributed by atoms with Crippen molar-refractivity contribution in [3.05, 3.63) is 35.4 Å². The van der Waals surface area contributed by atoms with Crippen LogP contribution in [0.3, 0.4) is 0 Å². The van der Waals surface area contributed by atoms with Gasteiger partial charge in [-0.05, 0) is 55.6 Å². The summed E-state index contributed by atoms with van der Waals surface area (Å²) in [5.74, 6) is 0.535. The van der Waals surface area contributed by atoms with Gasteiger partial charge in [-0.1, -0.05) is 24.3 Å². The van der Waals surface area contributed by atoms with Crippen LogP contribution >= 0.6 is 0 Å². The van der Waals surface area contributed by atoms with Crippen LogP contribution in [0, 0.1) is 5.92 Å². The van der Waals surface area contributed by atoms with E-state index >= 15 is 0 Å². The Hall–Kier alpha value is -0.900. The fourth-order valence-electron chi connectivity index (χ4n) is 4.65. The molecule has 1 aromatic carbocycles. The van der Waals surface area contributed by atoms with Crippen molar-refractivity contribution >= 4 is 0 Å². The second kappa shape index (κ2) is 5.08. The first-order chi connectivity index (χ1) is 10.2. The van der Waals surface area contributed by atoms with Crippen molar-refractivity contribution < 1.29 is 9.47 Å². The maximum Gasteiger partial charge on any atom is 0.0729 e. The van der Waals surface area contributed by atoms with Crippen LogP contribution < -0.4 is 5.73 Å². The molecule has 3 aliphatic rings. The highest BCUT2D eigenvalue weighted by Gasteiger charge is 2.48. The van der Waals surface area contributed by atoms with Crippen LogP contribution in [0.5, 0.6) is 0 Å². The Labute approximate surface area is 126 Å². The summed E-state index contributed by atoms with van der Waals surface area (Å²) in [6.45, 7) is 2.52. The number of nitrogens with two attached hydrogens (primary N) is 1. The lowest BCUT2D eigenvalue weighted by Crippen LogP contribution is -2.52. The molecule has 0 amide bonds. The summed E-state index contributed by atoms with van der Waals surface area (Å²) in [5, 5.41) is 0. The summed E-state index contributed by atoms with van der Waals surface area (Å²) in [6, 6.07) is 8.76. The molecule has 2 unspecified atom stereocenters. The van der Waals surface area contributed by atoms with Gasteiger partial charge >= 0.3 is 0 Å². The first kappa shape index (κ1) is 13.7. The van der Waals surface area contributed by atoms with Crippen LogP contribution in [0.4, 0.5) is 0 Å². The second-order valence-electron chi connectivity index (χ2n) is 7.03. The van der Waals surface area contributed by atoms with Gasteiger partial charge in [-0.2, -0.15) is 0 Å². The molecule has 2 saturated heterocycles. The van der Waals surface area contributed by atoms with Crippen molar-refractivity contribution in [1.82, 2.24) is 0 Å². The average molecular weight is 287 g/mol. The monoisotopic (exact) mass is 287 g/mol. The highest BCUT2D eigenvalue weighted by molar-refractivity contribution is 5.39. The molecule has 0 saturated carbocycles. The summed E-state index contributed by atoms with van der Waals surface area (Å²) >= 11 is 0. The Bertz CT molecular complexity index is 518. The molecule has 3 heteroatoms. The number of benzene rings is 1. The molecule has 2 aliphatic heterocycles. The summed E-state index contributed by atoms with van der Waals surface area (Å²) in [7, 11) is 0. The van der Waals surface area contributed by atoms with E-state index in [1.807, 2.05) is 0 Å². The lowest BCUT2D eigenvalue weighted by molar-refractivity contribution is -0.155. The van der Waals surface area contributed by atoms with Crippen LogP contribution in [0.1, 0.15) is 43.2 Å². The van der Waals surface area contributed by atoms with Crippen LogP contribution in [0.2, 0.25) is 0 Å². The molecule has 114 valence electrons. The van der Waals surface area contributed by atoms with E-state index in [9.17, 15) is 0 Å². The minimum absolute atomic E-state index is 0.0328. The van der Waals surface area contributed by atoms with Crippen molar-refractivity contribution in [2.24, 2.45) is 11.7 Å². The van der Waals surface area contributed by atoms with Gasteiger partial charge in [-0.15, -0.1) is 0 Å². The van der Waals surface area contributed by atoms with Gasteiger partial charge in [0.05, 0.1) is 5.60 Å². The highest BCUT2D eigenvalue weighted by atomic mass is 16.5. The maximum atomic E-state index is 6.95. The van der Waals surface area contributed by atoms with Gasteiger partial charge in [0.25, 0.3) is 0 Å². The average Bonchev–Trinajstić information content (AvgIpc) is 2.87. The molecule has 2 fully saturated rings. The molecule has 2 heterocycles. The Morgan fingerprint density at radius 1 is 1.05 bits per heavy atom. The quantitative estimate of drug-likeness (QED) is 0.864. The number of fused-ring (bicyclic) bond motifs is 1. The van der Waals surface area contributed by atoms with E-state index in [-0.39, 0.29) is 11.1 Å². The lowest BCUT2D eigenvalue weighted by atomic mass is 9.70. The molecule has 1 spiro atoms. The Balaban J connectivity index is 1.61. The first-order valence-electron chi connectivity index (χ1n) is 8.31. The van der Waals surface area contributed by atoms with Crippen LogP contribution in [-0.2, 0) is 21.4 Å². The maximum absolute atomic E-state index is 6.95. The molecule has 2 N–H and O–H groups in total. The first-order valence-corrected chi connectivity index (χ1v) is 8.31. The van der Waals surface area contributed by atoms with E-state index in [2.05, 4.69) is 24.3 Å². The number of rotatable bonds is 1. The van der Waals surface area contributed by atoms with Gasteiger partial charge in [0, 0.05) is 25.4 Å². The largest absolute Gasteiger partial charge is 0.381 e. The molecule has 4 rings (SSSR count). The predicted molar refractivity (Wildman–Crippen MR) is 82.1 cm³/mol. The Morgan fingerprint density at radius 3 is 2.71 bits per heavy atom. The Morgan fingerprint density at radius 2 is 1.86 bits per heavy atom. The van der Waals surface area contributed by atoms with Gasteiger partial charge in [0.2, 0.25) is 0 Å². The molecule has 0 radical (unpaired) electrons. The minimum atomic E-state index is -0.147. The van der Waals surface area contributed by atoms with Crippen molar-refractivity contribution in [3.63, 3.8) is 0 Å². The van der Waals surface area contributed by atoms with E-state index in [1.165, 1.54) is 11.1 Å². The third-order valence-corrected chi connectivity index (χ3v) is 5.95. The molecule has 1 aromatic rings. The molecule has 1 aliphatic carbocycles. The van der Waals surface area contributed by atoms with Gasteiger partial charge < -0.3 is 15.2 Å². The topological polar surface area (TPSA) is 44.5 Å². The molecule has 3 nitrogen and oxygen atoms in total. The van der Waals surface area contributed by atoms with Crippen molar-refractivity contribution in [3.8, 4) is 0 Å². The zero-order valence-electron chi connectivity index (χ0n) is 12.6. The van der Waals surface area contributed by atoms with Crippen molar-refractivity contribution in [2.45, 2.75) is 49.7 Å². The van der Waals surface area contributed by atoms with Gasteiger partial charge in [-0.3, -0.25) is 0 Å². The van der Waals surface area contributed by atoms with Gasteiger partial charge in [0.15, 0.2) is 0 Å². The summed E-state index contributed by atoms with van der Waals surface area (Å²) in [4.78, 5) is 0. The van der Waals surface area contributed by atoms with Crippen LogP contribution in [0.25, 0.3) is 0 Å². The number of aryl methyl sites for hydroxylation is 1. The molecule has 2 atom stereocenters. The summed E-state index contributed by atoms with van der Waals surface area (Å²) in [6.07, 6.45) is 6.46. The van der Waals surface area contributed by atoms with Gasteiger partial charge in [0.1, 0.15) is 0 Å². The van der Waals surface area contributed by atoms with E-state index in [0.717, 1.165) is 58.3 Å². The fourth-order valence-corrected chi connectivity index (χ4v) is 4.65. The standard InChI is InChI=1S/C18H25NO2/c19-18(7-5-14-3-1-2-4-16(14)18)15-6-10-21-17(13-15)8-11-20-12-9-17/h1-4,15H,5-13,19H2. The van der Waals surface area contributed by atoms with E-state index in [1.54, 1.807) is 0 Å². The van der Waals surface area contributed by atoms with E-state index in [0.29, 0.717) is 5.92 Å². The zero-order chi connectivity index (χ0) is 14.3. The third kappa shape index (κ3) is 2.23. The highest BCUT2D eigenvalue weighted by Crippen LogP contribution is 2.48. The number of hydrogen-bond donors (Lipinski definition) is 1. The molecular formula is C18H25NO2. The number of ether oxygens (including phenoxy) is 2. The van der Waals surface area contributed by atoms with Crippen molar-refractivity contribution in [1.29, 1.82) is 0 Å². The molecule has 0 aromatic heterocycles. The van der Waals surface area contributed by atoms with Crippen LogP contribution in [-0.4, -0.2) is 25.4 Å². The molecule has 0 bridgehead atoms. The zero-order valence-corrected chi connectivity index (χ0v) is 12.6. The van der Waals surface area contributed by atoms with E-state index < -0.39 is 0 Å². The minimum Gasteiger partial charge on any atom is -0.381 e. The van der Waals surface area contributed by atoms with Gasteiger partial charge in [-0.25, -0.2) is 0 Å². The van der Waals surface area contributed by atoms with Crippen LogP contribution in [0.15, 0.2) is 24.3 Å². The third-order valence-electron chi connectivity index (χ3n) is 5.95. The second-order valence-corrected chi connectivity index (χ2v) is 7.03. The fraction of sp³-hybridized carbons (Fsp3) is 0.667. The summed E-state index contributed by atoms with van der Waals surface area (Å²) < 4.78 is 11.7. The van der Waals surface area contributed by atoms with Crippen molar-refractivity contribution in [2.75, 3.05) is 19.8 Å². The van der Waals surface area contributed by atoms with E-state index in [4.69, 9.17) is 15.2 Å².